The van der Waals surface area contributed by atoms with Crippen molar-refractivity contribution in [2.45, 2.75) is 6.92 Å². The first-order valence-corrected chi connectivity index (χ1v) is 3.96. The molecule has 12 heavy (non-hydrogen) atoms. The summed E-state index contributed by atoms with van der Waals surface area (Å²) < 4.78 is 5.14. The topological polar surface area (TPSA) is 9.23 Å². The number of hydrogen-bond donors (Lipinski definition) is 0. The van der Waals surface area contributed by atoms with Crippen molar-refractivity contribution in [3.63, 3.8) is 0 Å². The van der Waals surface area contributed by atoms with E-state index in [9.17, 15) is 0 Å². The molecule has 1 heteroatoms. The molecule has 1 aromatic rings. The largest absolute Gasteiger partial charge is 0.472 e. The number of fused-ring (bicyclic) bond motifs is 1. The lowest BCUT2D eigenvalue weighted by molar-refractivity contribution is 0.461. The zero-order valence-electron chi connectivity index (χ0n) is 6.95. The summed E-state index contributed by atoms with van der Waals surface area (Å²) in [6, 6.07) is 6.18. The van der Waals surface area contributed by atoms with E-state index in [1.54, 1.807) is 12.5 Å². The molecule has 0 aromatic heterocycles. The molecule has 2 rings (SSSR count). The molecule has 0 fully saturated rings. The van der Waals surface area contributed by atoms with E-state index in [4.69, 9.17) is 4.74 Å². The Balaban J connectivity index is 2.87. The van der Waals surface area contributed by atoms with Gasteiger partial charge >= 0.3 is 0 Å². The number of allylic oxidation sites excluding steroid dienone is 1. The molecule has 1 heterocycles. The smallest absolute Gasteiger partial charge is 0.0979 e. The van der Waals surface area contributed by atoms with Crippen LogP contribution in [0.5, 0.6) is 0 Å². The summed E-state index contributed by atoms with van der Waals surface area (Å²) in [7, 11) is 0. The van der Waals surface area contributed by atoms with Crippen LogP contribution in [-0.2, 0) is 4.74 Å². The van der Waals surface area contributed by atoms with Crippen LogP contribution in [0.3, 0.4) is 0 Å². The highest BCUT2D eigenvalue weighted by atomic mass is 16.5. The summed E-state index contributed by atoms with van der Waals surface area (Å²) in [5.74, 6) is 0. The van der Waals surface area contributed by atoms with Crippen LogP contribution in [0.1, 0.15) is 5.56 Å². The van der Waals surface area contributed by atoms with Crippen molar-refractivity contribution >= 4 is 12.3 Å². The van der Waals surface area contributed by atoms with E-state index in [0.717, 1.165) is 5.22 Å². The highest BCUT2D eigenvalue weighted by Crippen LogP contribution is 1.89. The van der Waals surface area contributed by atoms with Crippen LogP contribution in [-0.4, -0.2) is 0 Å². The Morgan fingerprint density at radius 2 is 2.17 bits per heavy atom. The summed E-state index contributed by atoms with van der Waals surface area (Å²) in [6.07, 6.45) is 7.42. The second-order valence-corrected chi connectivity index (χ2v) is 2.83. The van der Waals surface area contributed by atoms with Gasteiger partial charge in [-0.3, -0.25) is 0 Å². The maximum atomic E-state index is 5.14. The number of aryl methyl sites for hydroxylation is 1. The van der Waals surface area contributed by atoms with Gasteiger partial charge in [0.25, 0.3) is 0 Å². The molecule has 0 spiro atoms. The lowest BCUT2D eigenvalue weighted by Crippen LogP contribution is -2.26. The lowest BCUT2D eigenvalue weighted by atomic mass is 10.1. The van der Waals surface area contributed by atoms with E-state index in [-0.39, 0.29) is 0 Å². The molecule has 0 N–H and O–H groups in total. The van der Waals surface area contributed by atoms with Crippen LogP contribution in [0.2, 0.25) is 0 Å². The molecule has 1 nitrogen and oxygen atoms in total. The molecule has 60 valence electrons. The number of benzene rings is 1. The van der Waals surface area contributed by atoms with Crippen molar-refractivity contribution in [2.75, 3.05) is 0 Å². The van der Waals surface area contributed by atoms with Gasteiger partial charge in [0, 0.05) is 5.22 Å². The molecular formula is C11H10O. The molecule has 0 unspecified atom stereocenters. The third-order valence-electron chi connectivity index (χ3n) is 1.97. The number of hydrogen-bond acceptors (Lipinski definition) is 1. The first-order valence-electron chi connectivity index (χ1n) is 3.96. The Hall–Kier alpha value is -1.50. The average molecular weight is 158 g/mol. The minimum atomic E-state index is 1.14. The van der Waals surface area contributed by atoms with E-state index in [2.05, 4.69) is 19.1 Å². The molecule has 1 aliphatic heterocycles. The molecule has 0 bridgehead atoms. The van der Waals surface area contributed by atoms with Crippen LogP contribution in [0, 0.1) is 6.92 Å². The molecule has 1 aromatic carbocycles. The van der Waals surface area contributed by atoms with E-state index in [1.807, 2.05) is 18.2 Å². The van der Waals surface area contributed by atoms with Gasteiger partial charge < -0.3 is 4.74 Å². The fourth-order valence-corrected chi connectivity index (χ4v) is 1.33. The molecule has 1 aliphatic rings. The van der Waals surface area contributed by atoms with Crippen LogP contribution in [0.4, 0.5) is 0 Å². The zero-order valence-corrected chi connectivity index (χ0v) is 6.95. The van der Waals surface area contributed by atoms with E-state index in [0.29, 0.717) is 0 Å². The van der Waals surface area contributed by atoms with E-state index < -0.39 is 0 Å². The predicted octanol–water partition coefficient (Wildman–Crippen LogP) is 1.06. The Morgan fingerprint density at radius 1 is 1.25 bits per heavy atom. The third-order valence-corrected chi connectivity index (χ3v) is 1.97. The Bertz CT molecular complexity index is 427. The Labute approximate surface area is 71.3 Å². The van der Waals surface area contributed by atoms with Crippen molar-refractivity contribution in [1.29, 1.82) is 0 Å². The molecule has 0 saturated heterocycles. The fraction of sp³-hybridized carbons (Fsp3) is 0.0909. The molecular weight excluding hydrogens is 148 g/mol. The van der Waals surface area contributed by atoms with Gasteiger partial charge in [0.2, 0.25) is 0 Å². The predicted molar refractivity (Wildman–Crippen MR) is 49.6 cm³/mol. The summed E-state index contributed by atoms with van der Waals surface area (Å²) in [5, 5.41) is 2.38. The van der Waals surface area contributed by atoms with Gasteiger partial charge in [-0.1, -0.05) is 24.3 Å². The van der Waals surface area contributed by atoms with Gasteiger partial charge in [0.1, 0.15) is 0 Å². The maximum absolute atomic E-state index is 5.14. The second kappa shape index (κ2) is 2.86. The molecule has 0 radical (unpaired) electrons. The van der Waals surface area contributed by atoms with E-state index >= 15 is 0 Å². The number of rotatable bonds is 0. The summed E-state index contributed by atoms with van der Waals surface area (Å²) in [6.45, 7) is 2.10. The van der Waals surface area contributed by atoms with Gasteiger partial charge in [-0.2, -0.15) is 0 Å². The minimum absolute atomic E-state index is 1.14. The SMILES string of the molecule is Cc1cccc2c1=CC=COC=2. The monoisotopic (exact) mass is 158 g/mol. The number of ether oxygens (including phenoxy) is 1. The first-order chi connectivity index (χ1) is 5.88. The standard InChI is InChI=1S/C11H10O/c1-9-4-2-5-10-8-12-7-3-6-11(9)10/h2-8H,1H3. The normalized spacial score (nSPS) is 13.4. The lowest BCUT2D eigenvalue weighted by Gasteiger charge is -1.93. The molecule has 0 aliphatic carbocycles. The highest BCUT2D eigenvalue weighted by Gasteiger charge is 1.91. The first kappa shape index (κ1) is 7.17. The Morgan fingerprint density at radius 3 is 3.08 bits per heavy atom. The van der Waals surface area contributed by atoms with Crippen molar-refractivity contribution in [2.24, 2.45) is 0 Å². The summed E-state index contributed by atoms with van der Waals surface area (Å²) in [4.78, 5) is 0. The van der Waals surface area contributed by atoms with Crippen LogP contribution < -0.4 is 10.4 Å². The quantitative estimate of drug-likeness (QED) is 0.548. The van der Waals surface area contributed by atoms with Crippen molar-refractivity contribution < 1.29 is 4.74 Å². The van der Waals surface area contributed by atoms with Crippen molar-refractivity contribution in [3.05, 3.63) is 46.5 Å². The highest BCUT2D eigenvalue weighted by molar-refractivity contribution is 5.42. The van der Waals surface area contributed by atoms with Crippen LogP contribution >= 0.6 is 0 Å². The van der Waals surface area contributed by atoms with E-state index in [1.165, 1.54) is 10.8 Å². The third kappa shape index (κ3) is 1.14. The van der Waals surface area contributed by atoms with Gasteiger partial charge in [-0.25, -0.2) is 0 Å². The van der Waals surface area contributed by atoms with Crippen LogP contribution in [0.15, 0.2) is 30.5 Å². The van der Waals surface area contributed by atoms with Gasteiger partial charge in [0.15, 0.2) is 0 Å². The van der Waals surface area contributed by atoms with Gasteiger partial charge in [0.05, 0.1) is 12.5 Å². The Kier molecular flexibility index (Phi) is 1.71. The molecule has 0 atom stereocenters. The fourth-order valence-electron chi connectivity index (χ4n) is 1.33. The maximum Gasteiger partial charge on any atom is 0.0979 e. The van der Waals surface area contributed by atoms with Crippen molar-refractivity contribution in [3.8, 4) is 0 Å². The second-order valence-electron chi connectivity index (χ2n) is 2.83. The van der Waals surface area contributed by atoms with Gasteiger partial charge in [-0.15, -0.1) is 0 Å². The van der Waals surface area contributed by atoms with Gasteiger partial charge in [-0.05, 0) is 23.8 Å². The average Bonchev–Trinajstić information content (AvgIpc) is 2.30. The zero-order chi connectivity index (χ0) is 8.39. The summed E-state index contributed by atoms with van der Waals surface area (Å²) >= 11 is 0. The molecule has 0 saturated carbocycles. The van der Waals surface area contributed by atoms with Crippen LogP contribution in [0.25, 0.3) is 12.3 Å². The minimum Gasteiger partial charge on any atom is -0.472 e. The van der Waals surface area contributed by atoms with Crippen molar-refractivity contribution in [1.82, 2.24) is 0 Å². The molecule has 0 amide bonds. The summed E-state index contributed by atoms with van der Waals surface area (Å²) in [5.41, 5.74) is 1.28.